The molecule has 0 bridgehead atoms. The topological polar surface area (TPSA) is 368 Å². The molecule has 1 aliphatic carbocycles. The molecule has 5 heterocycles. The van der Waals surface area contributed by atoms with Crippen LogP contribution in [0.5, 0.6) is 0 Å². The molecule has 0 amide bonds. The van der Waals surface area contributed by atoms with Crippen molar-refractivity contribution in [1.82, 2.24) is 24.9 Å². The molecule has 6 aromatic rings. The van der Waals surface area contributed by atoms with Gasteiger partial charge in [0.05, 0.1) is 29.6 Å². The van der Waals surface area contributed by atoms with Gasteiger partial charge in [0.2, 0.25) is 0 Å². The van der Waals surface area contributed by atoms with E-state index in [4.69, 9.17) is 46.9 Å². The number of rotatable bonds is 26. The van der Waals surface area contributed by atoms with Crippen molar-refractivity contribution in [3.63, 3.8) is 0 Å². The average Bonchev–Trinajstić information content (AvgIpc) is 1.64. The Morgan fingerprint density at radius 2 is 0.798 bits per heavy atom. The van der Waals surface area contributed by atoms with E-state index >= 15 is 0 Å². The van der Waals surface area contributed by atoms with Crippen LogP contribution in [0.15, 0.2) is 192 Å². The van der Waals surface area contributed by atoms with Gasteiger partial charge < -0.3 is 20.3 Å². The lowest BCUT2D eigenvalue weighted by atomic mass is 9.97. The monoisotopic (exact) mass is 1540 g/mol. The summed E-state index contributed by atoms with van der Waals surface area (Å²) in [6, 6.07) is 58.4. The molecule has 12 rings (SSSR count). The van der Waals surface area contributed by atoms with Crippen LogP contribution < -0.4 is 11.1 Å². The van der Waals surface area contributed by atoms with Gasteiger partial charge in [0.25, 0.3) is 18.1 Å². The molecule has 5 N–H and O–H groups in total. The van der Waals surface area contributed by atoms with Gasteiger partial charge in [-0.3, -0.25) is 44.2 Å². The largest absolute Gasteiger partial charge is 0.395 e. The third-order valence-corrected chi connectivity index (χ3v) is 18.7. The number of hydrogen-bond donors (Lipinski definition) is 4. The molecular formula is C68H90Cl2N6O26S2. The number of nitrogens with zero attached hydrogens (tertiary/aromatic N) is 4. The predicted molar refractivity (Wildman–Crippen MR) is 368 cm³/mol. The van der Waals surface area contributed by atoms with E-state index in [0.29, 0.717) is 18.1 Å². The summed E-state index contributed by atoms with van der Waals surface area (Å²) in [5, 5.41) is 66.0. The van der Waals surface area contributed by atoms with Gasteiger partial charge in [0.1, 0.15) is 23.0 Å². The maximum atomic E-state index is 11.0. The van der Waals surface area contributed by atoms with Crippen molar-refractivity contribution in [1.29, 1.82) is 0 Å². The zero-order chi connectivity index (χ0) is 74.7. The Kier molecular flexibility index (Phi) is 44.7. The molecule has 6 aliphatic rings. The maximum Gasteiger partial charge on any atom is 0.334 e. The smallest absolute Gasteiger partial charge is 0.334 e. The summed E-state index contributed by atoms with van der Waals surface area (Å²) in [6.07, 6.45) is 11.1. The second-order valence-electron chi connectivity index (χ2n) is 23.1. The number of halogens is 2. The van der Waals surface area contributed by atoms with E-state index in [1.807, 2.05) is 6.07 Å². The molecule has 104 heavy (non-hydrogen) atoms. The quantitative estimate of drug-likeness (QED) is 0.0129. The van der Waals surface area contributed by atoms with Crippen LogP contribution in [0.3, 0.4) is 0 Å². The van der Waals surface area contributed by atoms with Crippen LogP contribution in [0, 0.1) is 0 Å². The second kappa shape index (κ2) is 52.6. The van der Waals surface area contributed by atoms with Crippen LogP contribution in [0.2, 0.25) is 0 Å². The van der Waals surface area contributed by atoms with Crippen LogP contribution >= 0.6 is 21.4 Å². The summed E-state index contributed by atoms with van der Waals surface area (Å²) < 4.78 is 54.5. The summed E-state index contributed by atoms with van der Waals surface area (Å²) >= 11 is 0. The van der Waals surface area contributed by atoms with E-state index in [2.05, 4.69) is 216 Å². The molecule has 0 aromatic heterocycles. The predicted octanol–water partition coefficient (Wildman–Crippen LogP) is 9.32. The number of nitrogens with two attached hydrogens (primary N) is 1. The van der Waals surface area contributed by atoms with E-state index in [0.717, 1.165) is 156 Å². The number of ketones is 2. The summed E-state index contributed by atoms with van der Waals surface area (Å²) in [5.74, 6) is 0.876. The number of aliphatic hydroxyl groups is 1. The number of ether oxygens (including phenoxy) is 2. The van der Waals surface area contributed by atoms with E-state index in [9.17, 15) is 31.2 Å². The fraction of sp³-hybridized carbons (Fsp3) is 0.426. The van der Waals surface area contributed by atoms with Crippen molar-refractivity contribution in [2.45, 2.75) is 118 Å². The zero-order valence-electron chi connectivity index (χ0n) is 57.1. The van der Waals surface area contributed by atoms with Crippen LogP contribution in [0.1, 0.15) is 92.9 Å². The summed E-state index contributed by atoms with van der Waals surface area (Å²) in [5.41, 5.74) is 10.3. The molecule has 0 atom stereocenters. The highest BCUT2D eigenvalue weighted by atomic mass is 35.7. The van der Waals surface area contributed by atoms with E-state index < -0.39 is 18.1 Å². The first-order chi connectivity index (χ1) is 50.5. The van der Waals surface area contributed by atoms with Crippen molar-refractivity contribution in [3.05, 3.63) is 204 Å². The highest BCUT2D eigenvalue weighted by molar-refractivity contribution is 8.14. The van der Waals surface area contributed by atoms with Gasteiger partial charge in [0.15, 0.2) is 0 Å². The Morgan fingerprint density at radius 1 is 0.452 bits per heavy atom. The normalized spacial score (nSPS) is 17.2. The Labute approximate surface area is 612 Å². The number of likely N-dealkylation sites (tertiary alicyclic amines) is 3. The SMILES string of the molecule is NCCO.O=C1CCCCC1.O=C1CCN(Cc2ccccc2)CC1.O=COOOOOOOOOOOOOOOO.O=S(=O)(Cl)c1ccccc1.O=S(=O)(Cl)c1ccccc1.c1ccc(CN2CCC3(CC2)NCCO3)cc1.c1ccc(CN2CCC3(CC2)OCCN3Cc2ccccc2)cc1. The molecule has 5 aliphatic heterocycles. The van der Waals surface area contributed by atoms with E-state index in [1.165, 1.54) is 52.9 Å². The number of aliphatic hydroxyl groups excluding tert-OH is 1. The molecule has 0 radical (unpaired) electrons. The zero-order valence-corrected chi connectivity index (χ0v) is 60.3. The molecule has 0 unspecified atom stereocenters. The third-order valence-electron chi connectivity index (χ3n) is 15.9. The van der Waals surface area contributed by atoms with Gasteiger partial charge >= 0.3 is 6.47 Å². The van der Waals surface area contributed by atoms with Gasteiger partial charge in [-0.1, -0.05) is 164 Å². The molecule has 574 valence electrons. The standard InChI is InChI=1S/C21H26N2O.C14H20N2O.C12H15NO.2C6H5ClO2S.C6H10O.C2H7NO.CH2O17/c1-3-7-19(8-4-1)17-22-13-11-21(12-14-22)23(15-16-24-21)18-20-9-5-2-6-10-20;1-2-4-13(5-3-1)12-16-9-6-14(7-10-16)15-8-11-17-14;14-12-6-8-13(9-7-12)10-11-4-2-1-3-5-11;2*7-10(8,9)6-4-2-1-3-5-6;7-6-4-2-1-3-5-6;3-1-2-4;2-1-4-6-8-10-12-14-16-18-17-15-13-11-9-7-5-3/h1-10H,11-18H2;1-5,15H,6-12H2;1-5H,6-10H2;2*1-5H;1-5H2;4H,1-3H2;1,3H. The highest BCUT2D eigenvalue weighted by Crippen LogP contribution is 2.36. The summed E-state index contributed by atoms with van der Waals surface area (Å²) in [6.45, 7) is 14.6. The molecule has 32 nitrogen and oxygen atoms in total. The van der Waals surface area contributed by atoms with Gasteiger partial charge in [-0.25, -0.2) is 22.1 Å². The van der Waals surface area contributed by atoms with Crippen molar-refractivity contribution in [2.24, 2.45) is 5.73 Å². The molecular weight excluding hydrogens is 1450 g/mol. The molecule has 36 heteroatoms. The minimum atomic E-state index is -3.53. The number of piperidine rings is 3. The minimum absolute atomic E-state index is 0.00713. The second-order valence-corrected chi connectivity index (χ2v) is 28.2. The fourth-order valence-electron chi connectivity index (χ4n) is 10.9. The van der Waals surface area contributed by atoms with Crippen molar-refractivity contribution >= 4 is 57.5 Å². The first kappa shape index (κ1) is 88.3. The molecule has 2 spiro atoms. The van der Waals surface area contributed by atoms with Gasteiger partial charge in [-0.05, 0) is 94.6 Å². The number of carbonyl (C=O) groups excluding carboxylic acids is 3. The Hall–Kier alpha value is -6.35. The van der Waals surface area contributed by atoms with Crippen LogP contribution in [0.25, 0.3) is 0 Å². The first-order valence-corrected chi connectivity index (χ1v) is 37.6. The number of nitrogens with one attached hydrogen (secondary N) is 1. The lowest BCUT2D eigenvalue weighted by Crippen LogP contribution is -2.52. The molecule has 6 aromatic carbocycles. The van der Waals surface area contributed by atoms with Crippen molar-refractivity contribution in [3.8, 4) is 0 Å². The fourth-order valence-corrected chi connectivity index (χ4v) is 12.5. The molecule has 6 fully saturated rings. The summed E-state index contributed by atoms with van der Waals surface area (Å²) in [4.78, 5) is 44.7. The summed E-state index contributed by atoms with van der Waals surface area (Å²) in [7, 11) is 3.00. The van der Waals surface area contributed by atoms with Gasteiger partial charge in [0, 0.05) is 193 Å². The highest BCUT2D eigenvalue weighted by Gasteiger charge is 2.44. The van der Waals surface area contributed by atoms with Crippen LogP contribution in [-0.4, -0.2) is 155 Å². The van der Waals surface area contributed by atoms with E-state index in [-0.39, 0.29) is 34.3 Å². The van der Waals surface area contributed by atoms with E-state index in [1.54, 1.807) is 36.4 Å². The lowest BCUT2D eigenvalue weighted by molar-refractivity contribution is -0.882. The number of hydrogen-bond acceptors (Lipinski definition) is 32. The van der Waals surface area contributed by atoms with Crippen LogP contribution in [-0.2, 0) is 144 Å². The van der Waals surface area contributed by atoms with Crippen molar-refractivity contribution in [2.75, 3.05) is 78.7 Å². The molecule has 5 saturated heterocycles. The average molecular weight is 1540 g/mol. The van der Waals surface area contributed by atoms with Crippen molar-refractivity contribution < 1.29 is 126 Å². The van der Waals surface area contributed by atoms with Crippen LogP contribution in [0.4, 0.5) is 0 Å². The lowest BCUT2D eigenvalue weighted by Gasteiger charge is -2.43. The minimum Gasteiger partial charge on any atom is -0.395 e. The van der Waals surface area contributed by atoms with Gasteiger partial charge in [-0.15, -0.1) is 0 Å². The Balaban J connectivity index is 0.000000222. The molecule has 1 saturated carbocycles. The van der Waals surface area contributed by atoms with Gasteiger partial charge in [-0.2, -0.15) is 0 Å². The Bertz CT molecular complexity index is 3340. The maximum absolute atomic E-state index is 11.0. The Morgan fingerprint density at radius 3 is 1.12 bits per heavy atom. The number of Topliss-reactive ketones (excluding diaryl/α,β-unsaturated/α-hetero) is 2. The number of carbonyl (C=O) groups is 3. The number of benzene rings is 6. The first-order valence-electron chi connectivity index (χ1n) is 33.0. The third kappa shape index (κ3) is 38.3.